The van der Waals surface area contributed by atoms with E-state index in [-0.39, 0.29) is 11.6 Å². The summed E-state index contributed by atoms with van der Waals surface area (Å²) in [5, 5.41) is 7.57. The van der Waals surface area contributed by atoms with Crippen molar-refractivity contribution in [3.05, 3.63) is 77.6 Å². The second-order valence-electron chi connectivity index (χ2n) is 9.10. The van der Waals surface area contributed by atoms with Gasteiger partial charge < -0.3 is 14.2 Å². The number of hydrogen-bond acceptors (Lipinski definition) is 9. The molecule has 40 heavy (non-hydrogen) atoms. The predicted molar refractivity (Wildman–Crippen MR) is 148 cm³/mol. The maximum absolute atomic E-state index is 13.6. The Bertz CT molecular complexity index is 1630. The van der Waals surface area contributed by atoms with Gasteiger partial charge >= 0.3 is 5.91 Å². The molecule has 208 valence electrons. The summed E-state index contributed by atoms with van der Waals surface area (Å²) in [4.78, 5) is 18.1. The Morgan fingerprint density at radius 1 is 0.975 bits per heavy atom. The highest BCUT2D eigenvalue weighted by atomic mass is 32.2. The van der Waals surface area contributed by atoms with Crippen LogP contribution in [-0.2, 0) is 22.9 Å². The van der Waals surface area contributed by atoms with Gasteiger partial charge in [0.2, 0.25) is 21.7 Å². The van der Waals surface area contributed by atoms with E-state index < -0.39 is 21.2 Å². The third-order valence-corrected chi connectivity index (χ3v) is 8.46. The standard InChI is InChI=1S/C28H29N5O6S/c1-4-39-24-14-7-11-21(29-24)26-30-31-27(33(26)25-22(37-2)12-8-13-23(25)38-3)28(34)32-40(35,36)20-16-15-18-9-5-6-10-19(18)17-20/h5-14,20H,4,15-17H2,1-3H3,(H,32,34). The Hall–Kier alpha value is -4.45. The molecule has 12 heteroatoms. The van der Waals surface area contributed by atoms with E-state index in [1.807, 2.05) is 31.2 Å². The van der Waals surface area contributed by atoms with Gasteiger partial charge in [0.1, 0.15) is 22.9 Å². The molecule has 0 bridgehead atoms. The molecule has 0 saturated carbocycles. The molecule has 0 fully saturated rings. The van der Waals surface area contributed by atoms with Gasteiger partial charge in [-0.05, 0) is 55.5 Å². The number of nitrogens with zero attached hydrogens (tertiary/aromatic N) is 4. The molecule has 1 atom stereocenters. The second kappa shape index (κ2) is 11.3. The zero-order chi connectivity index (χ0) is 28.3. The minimum absolute atomic E-state index is 0.165. The Labute approximate surface area is 232 Å². The van der Waals surface area contributed by atoms with E-state index in [1.54, 1.807) is 36.4 Å². The molecule has 1 amide bonds. The highest BCUT2D eigenvalue weighted by Gasteiger charge is 2.34. The number of fused-ring (bicyclic) bond motifs is 1. The van der Waals surface area contributed by atoms with Crippen LogP contribution in [0.4, 0.5) is 0 Å². The number of pyridine rings is 1. The predicted octanol–water partition coefficient (Wildman–Crippen LogP) is 3.36. The number of rotatable bonds is 9. The monoisotopic (exact) mass is 563 g/mol. The van der Waals surface area contributed by atoms with E-state index in [0.717, 1.165) is 11.1 Å². The first-order valence-corrected chi connectivity index (χ1v) is 14.3. The minimum atomic E-state index is -4.05. The van der Waals surface area contributed by atoms with Gasteiger partial charge in [-0.2, -0.15) is 0 Å². The van der Waals surface area contributed by atoms with Crippen molar-refractivity contribution in [3.8, 4) is 34.6 Å². The molecule has 0 radical (unpaired) electrons. The fourth-order valence-electron chi connectivity index (χ4n) is 4.82. The first-order valence-electron chi connectivity index (χ1n) is 12.8. The lowest BCUT2D eigenvalue weighted by Crippen LogP contribution is -2.41. The number of methoxy groups -OCH3 is 2. The molecule has 1 N–H and O–H groups in total. The maximum Gasteiger partial charge on any atom is 0.303 e. The average Bonchev–Trinajstić information content (AvgIpc) is 3.41. The normalized spacial score (nSPS) is 14.7. The van der Waals surface area contributed by atoms with Gasteiger partial charge in [-0.1, -0.05) is 36.4 Å². The van der Waals surface area contributed by atoms with Crippen molar-refractivity contribution < 1.29 is 27.4 Å². The average molecular weight is 564 g/mol. The van der Waals surface area contributed by atoms with Crippen molar-refractivity contribution >= 4 is 15.9 Å². The van der Waals surface area contributed by atoms with Crippen LogP contribution in [0, 0.1) is 0 Å². The summed E-state index contributed by atoms with van der Waals surface area (Å²) in [6.07, 6.45) is 1.31. The van der Waals surface area contributed by atoms with Crippen molar-refractivity contribution in [1.29, 1.82) is 0 Å². The van der Waals surface area contributed by atoms with Crippen LogP contribution >= 0.6 is 0 Å². The van der Waals surface area contributed by atoms with Gasteiger partial charge in [0, 0.05) is 6.07 Å². The number of carbonyl (C=O) groups excluding carboxylic acids is 1. The van der Waals surface area contributed by atoms with Crippen molar-refractivity contribution in [2.24, 2.45) is 0 Å². The third-order valence-electron chi connectivity index (χ3n) is 6.71. The van der Waals surface area contributed by atoms with Crippen LogP contribution in [0.2, 0.25) is 0 Å². The topological polar surface area (TPSA) is 135 Å². The molecule has 2 aromatic heterocycles. The van der Waals surface area contributed by atoms with Crippen LogP contribution < -0.4 is 18.9 Å². The molecular weight excluding hydrogens is 534 g/mol. The van der Waals surface area contributed by atoms with Gasteiger partial charge in [0.15, 0.2) is 5.82 Å². The van der Waals surface area contributed by atoms with Gasteiger partial charge in [-0.3, -0.25) is 9.36 Å². The quantitative estimate of drug-likeness (QED) is 0.325. The Kier molecular flexibility index (Phi) is 7.69. The molecule has 2 heterocycles. The Balaban J connectivity index is 1.58. The number of sulfonamides is 1. The fourth-order valence-corrected chi connectivity index (χ4v) is 6.16. The molecule has 5 rings (SSSR count). The molecule has 4 aromatic rings. The minimum Gasteiger partial charge on any atom is -0.494 e. The van der Waals surface area contributed by atoms with Crippen LogP contribution in [0.25, 0.3) is 17.2 Å². The van der Waals surface area contributed by atoms with E-state index >= 15 is 0 Å². The zero-order valence-corrected chi connectivity index (χ0v) is 23.1. The van der Waals surface area contributed by atoms with Crippen molar-refractivity contribution in [1.82, 2.24) is 24.5 Å². The molecule has 1 aliphatic rings. The summed E-state index contributed by atoms with van der Waals surface area (Å²) in [7, 11) is -1.10. The number of carbonyl (C=O) groups is 1. The van der Waals surface area contributed by atoms with E-state index in [9.17, 15) is 13.2 Å². The molecule has 0 saturated heterocycles. The third kappa shape index (κ3) is 5.22. The lowest BCUT2D eigenvalue weighted by atomic mass is 9.92. The number of amides is 1. The largest absolute Gasteiger partial charge is 0.494 e. The van der Waals surface area contributed by atoms with Gasteiger partial charge in [-0.25, -0.2) is 18.1 Å². The van der Waals surface area contributed by atoms with Crippen molar-refractivity contribution in [2.75, 3.05) is 20.8 Å². The number of hydrogen-bond donors (Lipinski definition) is 1. The molecule has 11 nitrogen and oxygen atoms in total. The van der Waals surface area contributed by atoms with Crippen LogP contribution in [0.15, 0.2) is 60.7 Å². The number of para-hydroxylation sites is 1. The van der Waals surface area contributed by atoms with Crippen LogP contribution in [0.1, 0.15) is 35.1 Å². The van der Waals surface area contributed by atoms with Crippen LogP contribution in [0.3, 0.4) is 0 Å². The summed E-state index contributed by atoms with van der Waals surface area (Å²) in [6, 6.07) is 17.9. The van der Waals surface area contributed by atoms with E-state index in [0.29, 0.717) is 54.6 Å². The summed E-state index contributed by atoms with van der Waals surface area (Å²) < 4.78 is 47.1. The zero-order valence-electron chi connectivity index (χ0n) is 22.3. The highest BCUT2D eigenvalue weighted by Crippen LogP contribution is 2.36. The lowest BCUT2D eigenvalue weighted by molar-refractivity contribution is 0.0969. The molecule has 0 spiro atoms. The van der Waals surface area contributed by atoms with E-state index in [1.165, 1.54) is 18.8 Å². The highest BCUT2D eigenvalue weighted by molar-refractivity contribution is 7.90. The SMILES string of the molecule is CCOc1cccc(-c2nnc(C(=O)NS(=O)(=O)C3CCc4ccccc4C3)n2-c2c(OC)cccc2OC)n1. The number of aryl methyl sites for hydroxylation is 1. The molecule has 1 unspecified atom stereocenters. The molecular formula is C28H29N5O6S. The fraction of sp³-hybridized carbons (Fsp3) is 0.286. The smallest absolute Gasteiger partial charge is 0.303 e. The summed E-state index contributed by atoms with van der Waals surface area (Å²) in [6.45, 7) is 2.24. The van der Waals surface area contributed by atoms with Crippen LogP contribution in [-0.4, -0.2) is 60.1 Å². The molecule has 2 aromatic carbocycles. The van der Waals surface area contributed by atoms with Gasteiger partial charge in [0.05, 0.1) is 26.1 Å². The van der Waals surface area contributed by atoms with Gasteiger partial charge in [0.25, 0.3) is 0 Å². The number of benzene rings is 2. The summed E-state index contributed by atoms with van der Waals surface area (Å²) in [5.74, 6) is 0.00300. The maximum atomic E-state index is 13.6. The lowest BCUT2D eigenvalue weighted by Gasteiger charge is -2.24. The van der Waals surface area contributed by atoms with Crippen molar-refractivity contribution in [2.45, 2.75) is 31.4 Å². The second-order valence-corrected chi connectivity index (χ2v) is 11.1. The number of ether oxygens (including phenoxy) is 3. The number of aromatic nitrogens is 4. The van der Waals surface area contributed by atoms with Gasteiger partial charge in [-0.15, -0.1) is 10.2 Å². The van der Waals surface area contributed by atoms with Crippen molar-refractivity contribution in [3.63, 3.8) is 0 Å². The molecule has 1 aliphatic carbocycles. The van der Waals surface area contributed by atoms with Crippen LogP contribution in [0.5, 0.6) is 17.4 Å². The summed E-state index contributed by atoms with van der Waals surface area (Å²) in [5.41, 5.74) is 2.73. The summed E-state index contributed by atoms with van der Waals surface area (Å²) >= 11 is 0. The number of nitrogens with one attached hydrogen (secondary N) is 1. The Morgan fingerprint density at radius 2 is 1.68 bits per heavy atom. The van der Waals surface area contributed by atoms with E-state index in [2.05, 4.69) is 19.9 Å². The Morgan fingerprint density at radius 3 is 2.38 bits per heavy atom. The molecule has 0 aliphatic heterocycles. The van der Waals surface area contributed by atoms with E-state index in [4.69, 9.17) is 14.2 Å². The first-order chi connectivity index (χ1) is 19.4. The first kappa shape index (κ1) is 27.1.